The number of hydrogen-bond acceptors (Lipinski definition) is 6. The highest BCUT2D eigenvalue weighted by atomic mass is 35.5. The van der Waals surface area contributed by atoms with Gasteiger partial charge >= 0.3 is 0 Å². The van der Waals surface area contributed by atoms with Crippen molar-refractivity contribution in [1.82, 2.24) is 10.3 Å². The van der Waals surface area contributed by atoms with E-state index in [9.17, 15) is 22.8 Å². The zero-order chi connectivity index (χ0) is 30.8. The first-order chi connectivity index (χ1) is 19.7. The second kappa shape index (κ2) is 12.9. The lowest BCUT2D eigenvalue weighted by Crippen LogP contribution is -2.34. The van der Waals surface area contributed by atoms with Crippen LogP contribution >= 0.6 is 46.1 Å². The molecular weight excluding hydrogens is 636 g/mol. The molecule has 4 rings (SSSR count). The zero-order valence-corrected chi connectivity index (χ0v) is 25.5. The van der Waals surface area contributed by atoms with Gasteiger partial charge in [-0.25, -0.2) is 18.2 Å². The minimum Gasteiger partial charge on any atom is -0.487 e. The molecule has 0 bridgehead atoms. The summed E-state index contributed by atoms with van der Waals surface area (Å²) in [5, 5.41) is 9.35. The number of alkyl halides is 2. The summed E-state index contributed by atoms with van der Waals surface area (Å²) in [5.74, 6) is -1.69. The van der Waals surface area contributed by atoms with Crippen LogP contribution in [-0.2, 0) is 11.3 Å². The number of hydrogen-bond donors (Lipinski definition) is 3. The number of amides is 2. The second-order valence-electron chi connectivity index (χ2n) is 10.1. The minimum absolute atomic E-state index is 0.0584. The van der Waals surface area contributed by atoms with Gasteiger partial charge in [0, 0.05) is 28.7 Å². The van der Waals surface area contributed by atoms with E-state index >= 15 is 0 Å². The van der Waals surface area contributed by atoms with Crippen molar-refractivity contribution in [3.8, 4) is 5.75 Å². The Hall–Kier alpha value is -3.25. The number of aromatic nitrogens is 1. The highest BCUT2D eigenvalue weighted by Gasteiger charge is 2.22. The number of thiazole rings is 1. The highest BCUT2D eigenvalue weighted by molar-refractivity contribution is 7.22. The van der Waals surface area contributed by atoms with E-state index in [0.29, 0.717) is 31.6 Å². The van der Waals surface area contributed by atoms with Crippen LogP contribution in [0.4, 0.5) is 29.7 Å². The van der Waals surface area contributed by atoms with Crippen molar-refractivity contribution < 1.29 is 27.5 Å². The third-order valence-corrected chi connectivity index (χ3v) is 7.64. The normalized spacial score (nSPS) is 11.6. The van der Waals surface area contributed by atoms with Crippen molar-refractivity contribution in [2.24, 2.45) is 5.41 Å². The van der Waals surface area contributed by atoms with Crippen LogP contribution < -0.4 is 20.7 Å². The summed E-state index contributed by atoms with van der Waals surface area (Å²) in [6.07, 6.45) is -2.79. The summed E-state index contributed by atoms with van der Waals surface area (Å²) < 4.78 is 45.4. The first-order valence-electron chi connectivity index (χ1n) is 12.4. The Labute approximate surface area is 258 Å². The lowest BCUT2D eigenvalue weighted by atomic mass is 9.95. The fourth-order valence-electron chi connectivity index (χ4n) is 3.68. The summed E-state index contributed by atoms with van der Waals surface area (Å²) in [4.78, 5) is 29.9. The predicted octanol–water partition coefficient (Wildman–Crippen LogP) is 8.70. The topological polar surface area (TPSA) is 92.4 Å². The van der Waals surface area contributed by atoms with Crippen LogP contribution in [0.3, 0.4) is 0 Å². The average molecular weight is 660 g/mol. The number of nitrogens with zero attached hydrogens (tertiary/aromatic N) is 1. The van der Waals surface area contributed by atoms with Crippen LogP contribution in [0.1, 0.15) is 36.7 Å². The van der Waals surface area contributed by atoms with E-state index in [0.717, 1.165) is 23.5 Å². The van der Waals surface area contributed by atoms with E-state index in [2.05, 4.69) is 20.9 Å². The van der Waals surface area contributed by atoms with Gasteiger partial charge in [-0.2, -0.15) is 0 Å². The van der Waals surface area contributed by atoms with Gasteiger partial charge in [-0.3, -0.25) is 9.59 Å². The smallest absolute Gasteiger partial charge is 0.272 e. The average Bonchev–Trinajstić information content (AvgIpc) is 3.28. The van der Waals surface area contributed by atoms with E-state index in [1.165, 1.54) is 18.2 Å². The summed E-state index contributed by atoms with van der Waals surface area (Å²) in [6, 6.07) is 9.57. The molecule has 0 unspecified atom stereocenters. The lowest BCUT2D eigenvalue weighted by molar-refractivity contribution is -0.128. The molecule has 0 saturated heterocycles. The number of carbonyl (C=O) groups is 2. The SMILES string of the molecule is CC(C)(C)C(=O)NCc1ccc(Cl)c(Nc2nc3cc(C(=O)Nc4cc(F)cc(Cl)c4)c(OCC(F)F)cc3s2)c1Cl. The molecule has 0 atom stereocenters. The molecule has 3 aromatic carbocycles. The Bertz CT molecular complexity index is 1640. The molecule has 4 aromatic rings. The van der Waals surface area contributed by atoms with Crippen LogP contribution in [-0.4, -0.2) is 29.8 Å². The molecule has 0 fully saturated rings. The van der Waals surface area contributed by atoms with E-state index in [-0.39, 0.29) is 39.5 Å². The van der Waals surface area contributed by atoms with E-state index in [1.54, 1.807) is 32.9 Å². The van der Waals surface area contributed by atoms with Gasteiger partial charge in [-0.15, -0.1) is 0 Å². The summed E-state index contributed by atoms with van der Waals surface area (Å²) in [5.41, 5.74) is 0.673. The second-order valence-corrected chi connectivity index (χ2v) is 12.4. The van der Waals surface area contributed by atoms with Crippen LogP contribution in [0.25, 0.3) is 10.2 Å². The van der Waals surface area contributed by atoms with Crippen molar-refractivity contribution in [2.45, 2.75) is 33.7 Å². The van der Waals surface area contributed by atoms with E-state index in [1.807, 2.05) is 0 Å². The molecule has 0 radical (unpaired) electrons. The number of halogens is 6. The molecule has 2 amide bonds. The Morgan fingerprint density at radius 1 is 1.07 bits per heavy atom. The van der Waals surface area contributed by atoms with Crippen molar-refractivity contribution in [2.75, 3.05) is 17.2 Å². The molecule has 14 heteroatoms. The zero-order valence-electron chi connectivity index (χ0n) is 22.4. The van der Waals surface area contributed by atoms with Crippen LogP contribution in [0.5, 0.6) is 5.75 Å². The largest absolute Gasteiger partial charge is 0.487 e. The maximum atomic E-state index is 13.8. The van der Waals surface area contributed by atoms with Gasteiger partial charge in [-0.1, -0.05) is 73.0 Å². The summed E-state index contributed by atoms with van der Waals surface area (Å²) in [7, 11) is 0. The number of nitrogens with one attached hydrogen (secondary N) is 3. The summed E-state index contributed by atoms with van der Waals surface area (Å²) >= 11 is 20.0. The molecule has 0 saturated carbocycles. The standard InChI is InChI=1S/C28H24Cl3F3N4O3S/c1-28(2,3)26(40)35-11-13-4-5-18(30)24(23(13)31)38-27-37-19-9-17(20(10-21(19)42-27)41-12-22(33)34)25(39)36-16-7-14(29)6-15(32)8-16/h4-10,22H,11-12H2,1-3H3,(H,35,40)(H,36,39)(H,37,38). The monoisotopic (exact) mass is 658 g/mol. The number of ether oxygens (including phenoxy) is 1. The van der Waals surface area contributed by atoms with E-state index < -0.39 is 30.2 Å². The van der Waals surface area contributed by atoms with Gasteiger partial charge in [0.2, 0.25) is 5.91 Å². The predicted molar refractivity (Wildman–Crippen MR) is 162 cm³/mol. The Kier molecular flexibility index (Phi) is 9.77. The van der Waals surface area contributed by atoms with Crippen molar-refractivity contribution in [3.63, 3.8) is 0 Å². The van der Waals surface area contributed by atoms with Crippen LogP contribution in [0.2, 0.25) is 15.1 Å². The first-order valence-corrected chi connectivity index (χ1v) is 14.3. The number of fused-ring (bicyclic) bond motifs is 1. The number of carbonyl (C=O) groups excluding carboxylic acids is 2. The fourth-order valence-corrected chi connectivity index (χ4v) is 5.31. The highest BCUT2D eigenvalue weighted by Crippen LogP contribution is 2.39. The van der Waals surface area contributed by atoms with Crippen LogP contribution in [0, 0.1) is 11.2 Å². The molecule has 1 heterocycles. The van der Waals surface area contributed by atoms with Crippen molar-refractivity contribution >= 4 is 84.7 Å². The van der Waals surface area contributed by atoms with Gasteiger partial charge in [0.1, 0.15) is 18.2 Å². The van der Waals surface area contributed by atoms with Crippen molar-refractivity contribution in [3.05, 3.63) is 74.5 Å². The molecule has 0 aliphatic rings. The Morgan fingerprint density at radius 3 is 2.48 bits per heavy atom. The molecule has 3 N–H and O–H groups in total. The van der Waals surface area contributed by atoms with Crippen molar-refractivity contribution in [1.29, 1.82) is 0 Å². The maximum absolute atomic E-state index is 13.8. The molecule has 1 aromatic heterocycles. The fraction of sp³-hybridized carbons (Fsp3) is 0.250. The number of benzene rings is 3. The quantitative estimate of drug-likeness (QED) is 0.167. The third kappa shape index (κ3) is 7.77. The van der Waals surface area contributed by atoms with Gasteiger partial charge in [0.25, 0.3) is 12.3 Å². The molecule has 0 aliphatic carbocycles. The van der Waals surface area contributed by atoms with Gasteiger partial charge in [-0.05, 0) is 35.9 Å². The maximum Gasteiger partial charge on any atom is 0.272 e. The van der Waals surface area contributed by atoms with Gasteiger partial charge in [0.15, 0.2) is 5.13 Å². The lowest BCUT2D eigenvalue weighted by Gasteiger charge is -2.18. The third-order valence-electron chi connectivity index (χ3n) is 5.74. The first kappa shape index (κ1) is 31.7. The Balaban J connectivity index is 1.64. The molecule has 42 heavy (non-hydrogen) atoms. The summed E-state index contributed by atoms with van der Waals surface area (Å²) in [6.45, 7) is 4.59. The number of rotatable bonds is 9. The Morgan fingerprint density at radius 2 is 1.81 bits per heavy atom. The van der Waals surface area contributed by atoms with Gasteiger partial charge < -0.3 is 20.7 Å². The molecule has 7 nitrogen and oxygen atoms in total. The molecule has 222 valence electrons. The van der Waals surface area contributed by atoms with Crippen LogP contribution in [0.15, 0.2) is 42.5 Å². The molecule has 0 aliphatic heterocycles. The molecule has 0 spiro atoms. The molecular formula is C28H24Cl3F3N4O3S. The number of anilines is 3. The van der Waals surface area contributed by atoms with E-state index in [4.69, 9.17) is 39.5 Å². The van der Waals surface area contributed by atoms with Gasteiger partial charge in [0.05, 0.1) is 31.5 Å². The minimum atomic E-state index is -2.79.